The quantitative estimate of drug-likeness (QED) is 0.145. The molecule has 2 fully saturated rings. The van der Waals surface area contributed by atoms with Crippen LogP contribution in [-0.2, 0) is 27.8 Å². The fourth-order valence-electron chi connectivity index (χ4n) is 11.7. The zero-order valence-corrected chi connectivity index (χ0v) is 31.3. The van der Waals surface area contributed by atoms with Gasteiger partial charge in [0.15, 0.2) is 0 Å². The molecule has 0 radical (unpaired) electrons. The molecule has 0 bridgehead atoms. The Balaban J connectivity index is 1.41. The van der Waals surface area contributed by atoms with E-state index < -0.39 is 34.8 Å². The van der Waals surface area contributed by atoms with Gasteiger partial charge in [-0.05, 0) is 144 Å². The lowest BCUT2D eigenvalue weighted by atomic mass is 9.40. The number of H-pyrrole nitrogens is 1. The smallest absolute Gasteiger partial charge is 0.331 e. The average Bonchev–Trinajstić information content (AvgIpc) is 3.60. The summed E-state index contributed by atoms with van der Waals surface area (Å²) < 4.78 is 6.57. The highest BCUT2D eigenvalue weighted by molar-refractivity contribution is 5.96. The highest BCUT2D eigenvalue weighted by Gasteiger charge is 2.66. The number of allylic oxidation sites excluding steroid dienone is 4. The van der Waals surface area contributed by atoms with Gasteiger partial charge in [-0.15, -0.1) is 0 Å². The van der Waals surface area contributed by atoms with Crippen LogP contribution in [0.3, 0.4) is 0 Å². The fraction of sp³-hybridized carbons (Fsp3) is 0.605. The number of benzene rings is 1. The SMILES string of the molecule is CC(C)=CCc1c2c(cc3c4c([nH]c13)[C@@]1(C)C(CC[C@H]3[C@](C)(/C=C/C=C(\C)C(=O)O)[C@@H](O)CC[C@@]31C)C4)C1=CC(C)(C)OC(C)(C)C1C2O. The maximum absolute atomic E-state index is 12.2. The predicted octanol–water partition coefficient (Wildman–Crippen LogP) is 8.91. The summed E-state index contributed by atoms with van der Waals surface area (Å²) in [6, 6.07) is 2.40. The third-order valence-electron chi connectivity index (χ3n) is 14.2. The lowest BCUT2D eigenvalue weighted by Crippen LogP contribution is -2.61. The van der Waals surface area contributed by atoms with Gasteiger partial charge in [-0.1, -0.05) is 50.6 Å². The number of rotatable bonds is 5. The molecule has 1 aromatic heterocycles. The molecule has 49 heavy (non-hydrogen) atoms. The Labute approximate surface area is 292 Å². The summed E-state index contributed by atoms with van der Waals surface area (Å²) >= 11 is 0. The maximum Gasteiger partial charge on any atom is 0.331 e. The van der Waals surface area contributed by atoms with Crippen LogP contribution < -0.4 is 0 Å². The van der Waals surface area contributed by atoms with Crippen molar-refractivity contribution in [3.63, 3.8) is 0 Å². The Bertz CT molecular complexity index is 1870. The molecule has 8 atom stereocenters. The summed E-state index contributed by atoms with van der Waals surface area (Å²) in [6.07, 6.45) is 14.6. The van der Waals surface area contributed by atoms with Gasteiger partial charge in [0.1, 0.15) is 0 Å². The van der Waals surface area contributed by atoms with Crippen LogP contribution >= 0.6 is 0 Å². The van der Waals surface area contributed by atoms with E-state index in [9.17, 15) is 20.1 Å². The maximum atomic E-state index is 12.2. The Kier molecular flexibility index (Phi) is 7.77. The summed E-state index contributed by atoms with van der Waals surface area (Å²) in [6.45, 7) is 21.5. The average molecular weight is 668 g/mol. The number of carbonyl (C=O) groups is 1. The van der Waals surface area contributed by atoms with Crippen molar-refractivity contribution in [2.75, 3.05) is 0 Å². The summed E-state index contributed by atoms with van der Waals surface area (Å²) in [5.41, 5.74) is 8.48. The first-order chi connectivity index (χ1) is 22.8. The van der Waals surface area contributed by atoms with Crippen molar-refractivity contribution in [1.82, 2.24) is 4.98 Å². The summed E-state index contributed by atoms with van der Waals surface area (Å²) in [5.74, 6) is -0.335. The number of hydrogen-bond donors (Lipinski definition) is 4. The first-order valence-electron chi connectivity index (χ1n) is 18.5. The van der Waals surface area contributed by atoms with Gasteiger partial charge in [0.2, 0.25) is 0 Å². The molecule has 7 rings (SSSR count). The number of aromatic nitrogens is 1. The third kappa shape index (κ3) is 4.79. The van der Waals surface area contributed by atoms with E-state index in [4.69, 9.17) is 4.74 Å². The van der Waals surface area contributed by atoms with E-state index in [1.165, 1.54) is 38.9 Å². The molecule has 1 aliphatic heterocycles. The minimum Gasteiger partial charge on any atom is -0.478 e. The predicted molar refractivity (Wildman–Crippen MR) is 196 cm³/mol. The van der Waals surface area contributed by atoms with E-state index in [1.54, 1.807) is 13.0 Å². The molecule has 0 saturated heterocycles. The molecule has 264 valence electrons. The summed E-state index contributed by atoms with van der Waals surface area (Å²) in [5, 5.41) is 34.5. The molecule has 0 amide bonds. The number of ether oxygens (including phenoxy) is 1. The van der Waals surface area contributed by atoms with Gasteiger partial charge in [-0.2, -0.15) is 0 Å². The van der Waals surface area contributed by atoms with Crippen molar-refractivity contribution >= 4 is 22.4 Å². The number of carboxylic acids is 1. The van der Waals surface area contributed by atoms with E-state index in [-0.39, 0.29) is 28.2 Å². The lowest BCUT2D eigenvalue weighted by Gasteiger charge is -2.64. The van der Waals surface area contributed by atoms with Crippen molar-refractivity contribution < 1.29 is 24.9 Å². The first-order valence-corrected chi connectivity index (χ1v) is 18.5. The normalized spacial score (nSPS) is 37.3. The lowest BCUT2D eigenvalue weighted by molar-refractivity contribution is -0.144. The zero-order chi connectivity index (χ0) is 35.6. The van der Waals surface area contributed by atoms with E-state index in [2.05, 4.69) is 91.6 Å². The molecular weight excluding hydrogens is 610 g/mol. The van der Waals surface area contributed by atoms with E-state index in [0.29, 0.717) is 12.3 Å². The molecule has 2 aromatic rings. The molecular formula is C43H57NO5. The van der Waals surface area contributed by atoms with Crippen molar-refractivity contribution in [1.29, 1.82) is 0 Å². The molecule has 2 heterocycles. The number of aromatic amines is 1. The molecule has 6 heteroatoms. The second kappa shape index (κ2) is 11.0. The Morgan fingerprint density at radius 1 is 1.04 bits per heavy atom. The van der Waals surface area contributed by atoms with Crippen LogP contribution in [0.25, 0.3) is 16.5 Å². The number of aliphatic hydroxyl groups is 2. The molecule has 5 aliphatic rings. The Morgan fingerprint density at radius 2 is 1.76 bits per heavy atom. The van der Waals surface area contributed by atoms with Crippen molar-refractivity contribution in [3.05, 3.63) is 75.5 Å². The van der Waals surface area contributed by atoms with Crippen LogP contribution in [0.2, 0.25) is 0 Å². The number of hydrogen-bond acceptors (Lipinski definition) is 4. The van der Waals surface area contributed by atoms with Gasteiger partial charge in [-0.25, -0.2) is 4.79 Å². The van der Waals surface area contributed by atoms with E-state index in [1.807, 2.05) is 6.08 Å². The topological polar surface area (TPSA) is 103 Å². The molecule has 1 aromatic carbocycles. The summed E-state index contributed by atoms with van der Waals surface area (Å²) in [7, 11) is 0. The van der Waals surface area contributed by atoms with Crippen LogP contribution in [0, 0.1) is 28.6 Å². The minimum atomic E-state index is -0.923. The highest BCUT2D eigenvalue weighted by atomic mass is 16.5. The fourth-order valence-corrected chi connectivity index (χ4v) is 11.7. The van der Waals surface area contributed by atoms with Gasteiger partial charge in [0.05, 0.1) is 23.4 Å². The monoisotopic (exact) mass is 667 g/mol. The second-order valence-corrected chi connectivity index (χ2v) is 18.1. The van der Waals surface area contributed by atoms with Crippen LogP contribution in [-0.4, -0.2) is 43.6 Å². The van der Waals surface area contributed by atoms with Crippen molar-refractivity contribution in [2.24, 2.45) is 28.6 Å². The van der Waals surface area contributed by atoms with E-state index >= 15 is 0 Å². The molecule has 2 saturated carbocycles. The van der Waals surface area contributed by atoms with Gasteiger partial charge >= 0.3 is 5.97 Å². The Hall–Kier alpha value is -2.93. The number of aliphatic hydroxyl groups excluding tert-OH is 2. The summed E-state index contributed by atoms with van der Waals surface area (Å²) in [4.78, 5) is 15.6. The van der Waals surface area contributed by atoms with Gasteiger partial charge in [0, 0.05) is 38.9 Å². The van der Waals surface area contributed by atoms with Crippen LogP contribution in [0.5, 0.6) is 0 Å². The van der Waals surface area contributed by atoms with Crippen LogP contribution in [0.15, 0.2) is 47.6 Å². The molecule has 4 N–H and O–H groups in total. The first kappa shape index (κ1) is 34.5. The number of aliphatic carboxylic acids is 1. The third-order valence-corrected chi connectivity index (χ3v) is 14.2. The van der Waals surface area contributed by atoms with Gasteiger partial charge in [0.25, 0.3) is 0 Å². The van der Waals surface area contributed by atoms with Crippen LogP contribution in [0.1, 0.15) is 129 Å². The molecule has 4 aliphatic carbocycles. The highest BCUT2D eigenvalue weighted by Crippen LogP contribution is 2.70. The largest absolute Gasteiger partial charge is 0.478 e. The van der Waals surface area contributed by atoms with Crippen LogP contribution in [0.4, 0.5) is 0 Å². The van der Waals surface area contributed by atoms with Gasteiger partial charge < -0.3 is 25.0 Å². The standard InChI is InChI=1S/C43H57NO5/c1-23(2)13-15-26-33-27(30-22-39(4,5)49-40(6,7)34(30)36(33)46)21-28-29-20-25-14-16-31-41(8,18-11-12-24(3)38(47)48)32(45)17-19-42(31,9)43(25,10)37(29)44-35(26)28/h11-13,18,21-22,25,31-32,34,36,44-46H,14-17,19-20H2,1-10H3,(H,47,48)/b18-11+,24-12+/t25?,31-,32-,34?,36?,41-,42-,43+/m0/s1. The second-order valence-electron chi connectivity index (χ2n) is 18.1. The number of nitrogens with one attached hydrogen (secondary N) is 1. The minimum absolute atomic E-state index is 0.0867. The molecule has 3 unspecified atom stereocenters. The van der Waals surface area contributed by atoms with Gasteiger partial charge in [-0.3, -0.25) is 0 Å². The number of carboxylic acid groups (broad SMARTS) is 1. The molecule has 0 spiro atoms. The van der Waals surface area contributed by atoms with Crippen molar-refractivity contribution in [3.8, 4) is 0 Å². The Morgan fingerprint density at radius 3 is 2.43 bits per heavy atom. The zero-order valence-electron chi connectivity index (χ0n) is 31.3. The number of fused-ring (bicyclic) bond motifs is 10. The van der Waals surface area contributed by atoms with Crippen molar-refractivity contribution in [2.45, 2.75) is 137 Å². The molecule has 6 nitrogen and oxygen atoms in total. The van der Waals surface area contributed by atoms with E-state index in [0.717, 1.165) is 43.2 Å².